The molecular weight excluding hydrogens is 515 g/mol. The molecule has 0 spiro atoms. The minimum absolute atomic E-state index is 0.0940. The Morgan fingerprint density at radius 1 is 1.22 bits per heavy atom. The number of ether oxygens (including phenoxy) is 3. The largest absolute Gasteiger partial charge is 0.454 e. The average Bonchev–Trinajstić information content (AvgIpc) is 3.41. The van der Waals surface area contributed by atoms with Crippen molar-refractivity contribution in [2.75, 3.05) is 18.7 Å². The van der Waals surface area contributed by atoms with Crippen LogP contribution in [0.3, 0.4) is 0 Å². The molecule has 1 fully saturated rings. The normalized spacial score (nSPS) is 15.5. The third kappa shape index (κ3) is 5.09. The fourth-order valence-electron chi connectivity index (χ4n) is 3.29. The molecule has 5 rings (SSSR count). The van der Waals surface area contributed by atoms with Crippen LogP contribution < -0.4 is 19.5 Å². The van der Waals surface area contributed by atoms with Gasteiger partial charge in [0.05, 0.1) is 11.1 Å². The average molecular weight is 529 g/mol. The zero-order chi connectivity index (χ0) is 25.2. The summed E-state index contributed by atoms with van der Waals surface area (Å²) in [7, 11) is 0. The molecule has 3 amide bonds. The fraction of sp³-hybridized carbons (Fsp3) is 0.0870. The fourth-order valence-corrected chi connectivity index (χ4v) is 4.25. The summed E-state index contributed by atoms with van der Waals surface area (Å²) < 4.78 is 29.8. The molecule has 0 bridgehead atoms. The maximum atomic E-state index is 13.9. The molecule has 36 heavy (non-hydrogen) atoms. The zero-order valence-electron chi connectivity index (χ0n) is 18.1. The lowest BCUT2D eigenvalue weighted by molar-refractivity contribution is -0.127. The number of carbonyl (C=O) groups is 3. The predicted octanol–water partition coefficient (Wildman–Crippen LogP) is 4.47. The molecule has 0 unspecified atom stereocenters. The van der Waals surface area contributed by atoms with Crippen LogP contribution in [0.25, 0.3) is 6.08 Å². The highest BCUT2D eigenvalue weighted by Gasteiger charge is 2.36. The molecule has 3 aromatic rings. The number of benzene rings is 2. The van der Waals surface area contributed by atoms with Crippen LogP contribution in [-0.2, 0) is 9.59 Å². The zero-order valence-corrected chi connectivity index (χ0v) is 19.6. The van der Waals surface area contributed by atoms with Crippen molar-refractivity contribution in [3.63, 3.8) is 0 Å². The Morgan fingerprint density at radius 2 is 2.06 bits per heavy atom. The molecule has 1 aromatic heterocycles. The molecule has 10 nitrogen and oxygen atoms in total. The van der Waals surface area contributed by atoms with E-state index in [0.29, 0.717) is 34.5 Å². The van der Waals surface area contributed by atoms with E-state index in [1.54, 1.807) is 36.4 Å². The third-order valence-corrected chi connectivity index (χ3v) is 5.97. The summed E-state index contributed by atoms with van der Waals surface area (Å²) >= 11 is 6.38. The first kappa shape index (κ1) is 23.6. The number of rotatable bonds is 6. The summed E-state index contributed by atoms with van der Waals surface area (Å²) in [5.41, 5.74) is 0.938. The van der Waals surface area contributed by atoms with Crippen LogP contribution in [0.1, 0.15) is 5.56 Å². The van der Waals surface area contributed by atoms with E-state index in [1.807, 2.05) is 0 Å². The third-order valence-electron chi connectivity index (χ3n) is 4.88. The van der Waals surface area contributed by atoms with Gasteiger partial charge in [-0.15, -0.1) is 0 Å². The van der Waals surface area contributed by atoms with Crippen LogP contribution >= 0.6 is 23.4 Å². The lowest BCUT2D eigenvalue weighted by Gasteiger charge is -2.12. The predicted molar refractivity (Wildman–Crippen MR) is 127 cm³/mol. The number of thioether (sulfide) groups is 1. The van der Waals surface area contributed by atoms with Crippen LogP contribution in [-0.4, -0.2) is 45.3 Å². The van der Waals surface area contributed by atoms with Gasteiger partial charge in [0.2, 0.25) is 23.8 Å². The molecule has 1 N–H and O–H groups in total. The van der Waals surface area contributed by atoms with Gasteiger partial charge in [0.25, 0.3) is 17.0 Å². The van der Waals surface area contributed by atoms with Crippen LogP contribution in [0.5, 0.6) is 23.1 Å². The van der Waals surface area contributed by atoms with Crippen molar-refractivity contribution in [1.29, 1.82) is 0 Å². The summed E-state index contributed by atoms with van der Waals surface area (Å²) in [4.78, 5) is 45.9. The van der Waals surface area contributed by atoms with Crippen LogP contribution in [0, 0.1) is 5.82 Å². The van der Waals surface area contributed by atoms with E-state index in [9.17, 15) is 18.8 Å². The molecule has 1 saturated heterocycles. The van der Waals surface area contributed by atoms with Crippen molar-refractivity contribution in [1.82, 2.24) is 14.9 Å². The Hall–Kier alpha value is -4.16. The quantitative estimate of drug-likeness (QED) is 0.365. The minimum atomic E-state index is -0.801. The Balaban J connectivity index is 1.26. The molecule has 13 heteroatoms. The van der Waals surface area contributed by atoms with Gasteiger partial charge in [0.1, 0.15) is 12.3 Å². The number of amides is 3. The van der Waals surface area contributed by atoms with Crippen molar-refractivity contribution >= 4 is 52.2 Å². The number of imide groups is 1. The Bertz CT molecular complexity index is 1440. The number of nitrogens with one attached hydrogen (secondary N) is 1. The number of fused-ring (bicyclic) bond motifs is 1. The van der Waals surface area contributed by atoms with Crippen LogP contribution in [0.15, 0.2) is 53.6 Å². The highest BCUT2D eigenvalue weighted by Crippen LogP contribution is 2.35. The molecule has 3 heterocycles. The van der Waals surface area contributed by atoms with E-state index >= 15 is 0 Å². The highest BCUT2D eigenvalue weighted by molar-refractivity contribution is 8.18. The Kier molecular flexibility index (Phi) is 6.44. The van der Waals surface area contributed by atoms with E-state index in [0.717, 1.165) is 11.1 Å². The summed E-state index contributed by atoms with van der Waals surface area (Å²) in [6.45, 7) is -0.371. The second kappa shape index (κ2) is 9.84. The maximum absolute atomic E-state index is 13.9. The van der Waals surface area contributed by atoms with Gasteiger partial charge in [-0.3, -0.25) is 19.3 Å². The van der Waals surface area contributed by atoms with Crippen LogP contribution in [0.2, 0.25) is 5.28 Å². The summed E-state index contributed by atoms with van der Waals surface area (Å²) in [6, 6.07) is 11.2. The summed E-state index contributed by atoms with van der Waals surface area (Å²) in [5, 5.41) is 1.86. The van der Waals surface area contributed by atoms with E-state index in [1.165, 1.54) is 12.1 Å². The molecule has 0 radical (unpaired) electrons. The van der Waals surface area contributed by atoms with E-state index in [2.05, 4.69) is 15.3 Å². The monoisotopic (exact) mass is 528 g/mol. The standard InChI is InChI=1S/C23H14ClFN4O6S/c24-22-26-9-15(25)20(28-22)35-14-3-1-2-12(6-14)7-18-21(31)29(23(32)36-18)10-19(30)27-13-4-5-16-17(8-13)34-11-33-16/h1-9H,10-11H2,(H,27,30)/b18-7+. The SMILES string of the molecule is O=C(CN1C(=O)S/C(=C/c2cccc(Oc3nc(Cl)ncc3F)c2)C1=O)Nc1ccc2c(c1)OCO2. The number of nitrogens with zero attached hydrogens (tertiary/aromatic N) is 3. The van der Waals surface area contributed by atoms with Crippen LogP contribution in [0.4, 0.5) is 14.9 Å². The number of hydrogen-bond acceptors (Lipinski definition) is 9. The van der Waals surface area contributed by atoms with E-state index in [4.69, 9.17) is 25.8 Å². The topological polar surface area (TPSA) is 120 Å². The summed E-state index contributed by atoms with van der Waals surface area (Å²) in [6.07, 6.45) is 2.35. The maximum Gasteiger partial charge on any atom is 0.294 e. The van der Waals surface area contributed by atoms with Crippen molar-refractivity contribution in [3.05, 3.63) is 70.2 Å². The lowest BCUT2D eigenvalue weighted by atomic mass is 10.2. The first-order chi connectivity index (χ1) is 17.4. The molecule has 2 aromatic carbocycles. The lowest BCUT2D eigenvalue weighted by Crippen LogP contribution is -2.36. The first-order valence-electron chi connectivity index (χ1n) is 10.3. The Morgan fingerprint density at radius 3 is 2.92 bits per heavy atom. The van der Waals surface area contributed by atoms with Gasteiger partial charge >= 0.3 is 0 Å². The second-order valence-electron chi connectivity index (χ2n) is 7.35. The first-order valence-corrected chi connectivity index (χ1v) is 11.5. The molecular formula is C23H14ClFN4O6S. The molecule has 0 saturated carbocycles. The molecule has 0 atom stereocenters. The Labute approximate surface area is 212 Å². The van der Waals surface area contributed by atoms with Crippen molar-refractivity contribution in [2.45, 2.75) is 0 Å². The number of carbonyl (C=O) groups excluding carboxylic acids is 3. The molecule has 182 valence electrons. The van der Waals surface area contributed by atoms with Gasteiger partial charge in [-0.1, -0.05) is 12.1 Å². The van der Waals surface area contributed by atoms with Crippen molar-refractivity contribution in [2.24, 2.45) is 0 Å². The molecule has 0 aliphatic carbocycles. The second-order valence-corrected chi connectivity index (χ2v) is 8.68. The number of halogens is 2. The number of anilines is 1. The van der Waals surface area contributed by atoms with Gasteiger partial charge in [-0.2, -0.15) is 9.37 Å². The van der Waals surface area contributed by atoms with Gasteiger partial charge in [-0.05, 0) is 59.3 Å². The van der Waals surface area contributed by atoms with Gasteiger partial charge < -0.3 is 19.5 Å². The smallest absolute Gasteiger partial charge is 0.294 e. The number of hydrogen-bond donors (Lipinski definition) is 1. The van der Waals surface area contributed by atoms with Gasteiger partial charge in [-0.25, -0.2) is 4.98 Å². The molecule has 2 aliphatic heterocycles. The van der Waals surface area contributed by atoms with Gasteiger partial charge in [0, 0.05) is 11.8 Å². The number of aromatic nitrogens is 2. The van der Waals surface area contributed by atoms with E-state index < -0.39 is 29.4 Å². The minimum Gasteiger partial charge on any atom is -0.454 e. The summed E-state index contributed by atoms with van der Waals surface area (Å²) in [5.74, 6) is -1.07. The van der Waals surface area contributed by atoms with Crippen molar-refractivity contribution in [3.8, 4) is 23.1 Å². The molecule has 2 aliphatic rings. The van der Waals surface area contributed by atoms with Crippen molar-refractivity contribution < 1.29 is 33.0 Å². The van der Waals surface area contributed by atoms with E-state index in [-0.39, 0.29) is 28.6 Å². The van der Waals surface area contributed by atoms with Gasteiger partial charge in [0.15, 0.2) is 11.5 Å². The highest BCUT2D eigenvalue weighted by atomic mass is 35.5.